The highest BCUT2D eigenvalue weighted by atomic mass is 19.4. The molecule has 0 saturated heterocycles. The van der Waals surface area contributed by atoms with Crippen LogP contribution in [0.2, 0.25) is 0 Å². The fraction of sp³-hybridized carbons (Fsp3) is 0.525. The lowest BCUT2D eigenvalue weighted by molar-refractivity contribution is -0.274. The summed E-state index contributed by atoms with van der Waals surface area (Å²) < 4.78 is 49.2. The average Bonchev–Trinajstić information content (AvgIpc) is 3.50. The van der Waals surface area contributed by atoms with Crippen LogP contribution in [0.25, 0.3) is 16.7 Å². The molecule has 296 valence electrons. The number of nitrogens with one attached hydrogen (secondary N) is 2. The predicted molar refractivity (Wildman–Crippen MR) is 209 cm³/mol. The Labute approximate surface area is 315 Å². The number of fused-ring (bicyclic) bond motifs is 1. The van der Waals surface area contributed by atoms with Crippen LogP contribution in [0.15, 0.2) is 64.5 Å². The van der Waals surface area contributed by atoms with E-state index in [0.29, 0.717) is 17.8 Å². The molecule has 0 spiro atoms. The van der Waals surface area contributed by atoms with Crippen molar-refractivity contribution in [1.29, 1.82) is 0 Å². The number of nitrogens with zero attached hydrogens (tertiary/aromatic N) is 3. The zero-order chi connectivity index (χ0) is 39.8. The van der Waals surface area contributed by atoms with Crippen molar-refractivity contribution in [1.82, 2.24) is 19.9 Å². The minimum atomic E-state index is -4.70. The third kappa shape index (κ3) is 12.9. The number of benzene rings is 2. The molecule has 0 radical (unpaired) electrons. The smallest absolute Gasteiger partial charge is 0.406 e. The minimum absolute atomic E-state index is 0.0390. The maximum Gasteiger partial charge on any atom is 0.573 e. The summed E-state index contributed by atoms with van der Waals surface area (Å²) in [5.74, 6) is -0.0741. The van der Waals surface area contributed by atoms with Crippen molar-refractivity contribution >= 4 is 17.0 Å². The van der Waals surface area contributed by atoms with Gasteiger partial charge in [0.1, 0.15) is 11.4 Å². The number of halogens is 3. The Bertz CT molecular complexity index is 1900. The minimum Gasteiger partial charge on any atom is -0.406 e. The second-order valence-corrected chi connectivity index (χ2v) is 16.1. The lowest BCUT2D eigenvalue weighted by atomic mass is 9.86. The summed E-state index contributed by atoms with van der Waals surface area (Å²) in [7, 11) is 0. The Morgan fingerprint density at radius 1 is 1.00 bits per heavy atom. The number of guanidine groups is 1. The molecule has 5 rings (SSSR count). The summed E-state index contributed by atoms with van der Waals surface area (Å²) in [4.78, 5) is 24.0. The number of aromatic amines is 1. The van der Waals surface area contributed by atoms with Crippen LogP contribution >= 0.6 is 0 Å². The van der Waals surface area contributed by atoms with E-state index < -0.39 is 6.36 Å². The van der Waals surface area contributed by atoms with E-state index in [1.165, 1.54) is 12.1 Å². The molecule has 1 saturated carbocycles. The third-order valence-corrected chi connectivity index (χ3v) is 9.34. The number of rotatable bonds is 11. The Hall–Kier alpha value is -4.40. The summed E-state index contributed by atoms with van der Waals surface area (Å²) in [6.07, 6.45) is 1.76. The van der Waals surface area contributed by atoms with Crippen LogP contribution in [0.5, 0.6) is 5.75 Å². The molecule has 14 heteroatoms. The predicted octanol–water partition coefficient (Wildman–Crippen LogP) is 6.99. The highest BCUT2D eigenvalue weighted by molar-refractivity contribution is 5.76. The Morgan fingerprint density at radius 2 is 1.67 bits per heavy atom. The summed E-state index contributed by atoms with van der Waals surface area (Å²) in [5.41, 5.74) is 21.0. The van der Waals surface area contributed by atoms with Gasteiger partial charge in [-0.2, -0.15) is 4.98 Å². The van der Waals surface area contributed by atoms with Gasteiger partial charge in [-0.05, 0) is 98.0 Å². The first-order valence-corrected chi connectivity index (χ1v) is 18.5. The van der Waals surface area contributed by atoms with Gasteiger partial charge in [-0.15, -0.1) is 13.2 Å². The number of ether oxygens (including phenoxy) is 2. The van der Waals surface area contributed by atoms with Crippen LogP contribution < -0.4 is 32.9 Å². The van der Waals surface area contributed by atoms with E-state index in [2.05, 4.69) is 58.8 Å². The molecule has 54 heavy (non-hydrogen) atoms. The summed E-state index contributed by atoms with van der Waals surface area (Å²) in [6, 6.07) is 15.1. The summed E-state index contributed by atoms with van der Waals surface area (Å²) in [6.45, 7) is 16.0. The molecular formula is C40H57F3N8O3. The van der Waals surface area contributed by atoms with Gasteiger partial charge in [0.15, 0.2) is 5.96 Å². The van der Waals surface area contributed by atoms with E-state index >= 15 is 0 Å². The maximum atomic E-state index is 12.6. The van der Waals surface area contributed by atoms with Crippen LogP contribution in [0.3, 0.4) is 0 Å². The zero-order valence-electron chi connectivity index (χ0n) is 32.5. The number of nitrogens with two attached hydrogens (primary N) is 3. The van der Waals surface area contributed by atoms with Gasteiger partial charge >= 0.3 is 12.1 Å². The second kappa shape index (κ2) is 17.8. The van der Waals surface area contributed by atoms with Crippen molar-refractivity contribution in [2.24, 2.45) is 22.2 Å². The van der Waals surface area contributed by atoms with Crippen LogP contribution in [-0.4, -0.2) is 52.1 Å². The standard InChI is InChI=1S/C22H31N7O.C18H26F3NO2/c1-14(25-10-5-11-26-20(23)24)15-6-8-17(9-7-15)29-13-16-12-18(22(2,3)4)27-19(16)28-21(29)30;1-17(2,3)13-8-12(9-16(10-13)24-18(19,20)21)11-23-15-6-4-14(22)5-7-15/h6-9,12-14,25H,5,10-11H2,1-4H3,(H4,23,24,26)(H,27,28,30);8-10,14-15H,4-7,11,22H2,1-3H3/t14-;/m0./s1. The highest BCUT2D eigenvalue weighted by Crippen LogP contribution is 2.32. The first kappa shape index (κ1) is 42.3. The molecule has 0 aliphatic heterocycles. The third-order valence-electron chi connectivity index (χ3n) is 9.34. The van der Waals surface area contributed by atoms with E-state index in [1.807, 2.05) is 57.3 Å². The number of hydrogen-bond acceptors (Lipinski definition) is 7. The van der Waals surface area contributed by atoms with Crippen molar-refractivity contribution < 1.29 is 22.6 Å². The number of alkyl halides is 3. The van der Waals surface area contributed by atoms with Gasteiger partial charge < -0.3 is 37.0 Å². The topological polar surface area (TPSA) is 172 Å². The fourth-order valence-corrected chi connectivity index (χ4v) is 6.07. The SMILES string of the molecule is CC(C)(C)c1cc(COC2CCC(N)CC2)cc(OC(F)(F)F)c1.C[C@H](NCCCN=C(N)N)c1ccc(-n2cc3cc(C(C)(C)C)[nH]c3nc2=O)cc1. The van der Waals surface area contributed by atoms with Gasteiger partial charge in [0.05, 0.1) is 18.4 Å². The van der Waals surface area contributed by atoms with Crippen molar-refractivity contribution in [3.05, 3.63) is 87.6 Å². The van der Waals surface area contributed by atoms with Gasteiger partial charge in [-0.3, -0.25) is 9.56 Å². The van der Waals surface area contributed by atoms with E-state index in [4.69, 9.17) is 21.9 Å². The van der Waals surface area contributed by atoms with Crippen molar-refractivity contribution in [2.45, 2.75) is 123 Å². The van der Waals surface area contributed by atoms with Crippen LogP contribution in [0.4, 0.5) is 13.2 Å². The molecule has 1 fully saturated rings. The van der Waals surface area contributed by atoms with Crippen LogP contribution in [0, 0.1) is 0 Å². The summed E-state index contributed by atoms with van der Waals surface area (Å²) >= 11 is 0. The molecule has 8 N–H and O–H groups in total. The van der Waals surface area contributed by atoms with Gasteiger partial charge in [-0.1, -0.05) is 59.7 Å². The van der Waals surface area contributed by atoms with Crippen LogP contribution in [0.1, 0.15) is 109 Å². The van der Waals surface area contributed by atoms with Crippen molar-refractivity contribution in [2.75, 3.05) is 13.1 Å². The molecule has 2 aromatic carbocycles. The highest BCUT2D eigenvalue weighted by Gasteiger charge is 2.32. The Kier molecular flexibility index (Phi) is 14.0. The van der Waals surface area contributed by atoms with E-state index in [1.54, 1.807) is 4.57 Å². The lowest BCUT2D eigenvalue weighted by Gasteiger charge is -2.27. The quantitative estimate of drug-likeness (QED) is 0.0619. The normalized spacial score (nSPS) is 17.1. The number of hydrogen-bond donors (Lipinski definition) is 5. The zero-order valence-corrected chi connectivity index (χ0v) is 32.5. The Morgan fingerprint density at radius 3 is 2.26 bits per heavy atom. The largest absolute Gasteiger partial charge is 0.573 e. The molecule has 1 aliphatic rings. The molecule has 0 unspecified atom stereocenters. The first-order valence-electron chi connectivity index (χ1n) is 18.5. The molecule has 4 aromatic rings. The number of aromatic nitrogens is 3. The second-order valence-electron chi connectivity index (χ2n) is 16.1. The van der Waals surface area contributed by atoms with Crippen LogP contribution in [-0.2, 0) is 22.2 Å². The van der Waals surface area contributed by atoms with E-state index in [-0.39, 0.29) is 53.0 Å². The lowest BCUT2D eigenvalue weighted by Crippen LogP contribution is -2.30. The molecule has 1 aliphatic carbocycles. The number of H-pyrrole nitrogens is 1. The van der Waals surface area contributed by atoms with E-state index in [0.717, 1.165) is 66.5 Å². The number of aliphatic imine (C=N–C) groups is 1. The van der Waals surface area contributed by atoms with E-state index in [9.17, 15) is 18.0 Å². The average molecular weight is 755 g/mol. The maximum absolute atomic E-state index is 12.6. The molecule has 1 atom stereocenters. The summed E-state index contributed by atoms with van der Waals surface area (Å²) in [5, 5.41) is 4.36. The fourth-order valence-electron chi connectivity index (χ4n) is 6.07. The van der Waals surface area contributed by atoms with Crippen molar-refractivity contribution in [3.8, 4) is 11.4 Å². The van der Waals surface area contributed by atoms with Gasteiger partial charge in [-0.25, -0.2) is 4.79 Å². The van der Waals surface area contributed by atoms with Gasteiger partial charge in [0, 0.05) is 41.3 Å². The molecule has 0 bridgehead atoms. The molecular weight excluding hydrogens is 697 g/mol. The van der Waals surface area contributed by atoms with Gasteiger partial charge in [0.25, 0.3) is 0 Å². The molecule has 2 aromatic heterocycles. The van der Waals surface area contributed by atoms with Crippen molar-refractivity contribution in [3.63, 3.8) is 0 Å². The van der Waals surface area contributed by atoms with Gasteiger partial charge in [0.2, 0.25) is 0 Å². The molecule has 11 nitrogen and oxygen atoms in total. The monoisotopic (exact) mass is 754 g/mol. The Balaban J connectivity index is 0.000000247. The first-order chi connectivity index (χ1) is 25.2. The molecule has 2 heterocycles. The molecule has 0 amide bonds.